The number of benzene rings is 2. The molecule has 0 atom stereocenters. The predicted molar refractivity (Wildman–Crippen MR) is 122 cm³/mol. The first-order valence-corrected chi connectivity index (χ1v) is 11.0. The molecule has 0 unspecified atom stereocenters. The third kappa shape index (κ3) is 5.15. The van der Waals surface area contributed by atoms with E-state index in [9.17, 15) is 4.79 Å². The number of carbonyl (C=O) groups is 1. The zero-order chi connectivity index (χ0) is 21.8. The highest BCUT2D eigenvalue weighted by Gasteiger charge is 2.17. The minimum Gasteiger partial charge on any atom is -0.360 e. The third-order valence-electron chi connectivity index (χ3n) is 4.45. The topological polar surface area (TPSA) is 85.8 Å². The van der Waals surface area contributed by atoms with Crippen LogP contribution in [0.1, 0.15) is 17.7 Å². The molecule has 4 rings (SSSR count). The molecular weight excluding hydrogens is 434 g/mol. The van der Waals surface area contributed by atoms with Gasteiger partial charge in [-0.15, -0.1) is 10.2 Å². The maximum atomic E-state index is 12.2. The molecule has 1 N–H and O–H groups in total. The van der Waals surface area contributed by atoms with Gasteiger partial charge in [0.15, 0.2) is 16.8 Å². The van der Waals surface area contributed by atoms with E-state index in [4.69, 9.17) is 16.1 Å². The van der Waals surface area contributed by atoms with Crippen LogP contribution >= 0.6 is 23.4 Å². The van der Waals surface area contributed by atoms with E-state index in [1.165, 1.54) is 11.8 Å². The van der Waals surface area contributed by atoms with Crippen LogP contribution in [-0.2, 0) is 4.79 Å². The highest BCUT2D eigenvalue weighted by atomic mass is 35.5. The van der Waals surface area contributed by atoms with Crippen LogP contribution in [0.2, 0.25) is 5.02 Å². The first kappa shape index (κ1) is 21.1. The minimum atomic E-state index is -0.139. The smallest absolute Gasteiger partial charge is 0.226 e. The summed E-state index contributed by atoms with van der Waals surface area (Å²) in [6.07, 6.45) is 0.299. The Morgan fingerprint density at radius 1 is 1.13 bits per heavy atom. The van der Waals surface area contributed by atoms with Crippen LogP contribution in [0.4, 0.5) is 5.82 Å². The zero-order valence-corrected chi connectivity index (χ0v) is 18.6. The van der Waals surface area contributed by atoms with Crippen molar-refractivity contribution in [3.05, 3.63) is 70.9 Å². The Kier molecular flexibility index (Phi) is 6.39. The lowest BCUT2D eigenvalue weighted by Gasteiger charge is -2.11. The molecule has 1 amide bonds. The summed E-state index contributed by atoms with van der Waals surface area (Å²) < 4.78 is 6.97. The van der Waals surface area contributed by atoms with Gasteiger partial charge in [0, 0.05) is 34.5 Å². The Morgan fingerprint density at radius 2 is 1.94 bits per heavy atom. The van der Waals surface area contributed by atoms with Crippen molar-refractivity contribution >= 4 is 35.1 Å². The first-order valence-electron chi connectivity index (χ1n) is 9.64. The molecule has 2 aromatic carbocycles. The second-order valence-electron chi connectivity index (χ2n) is 6.96. The summed E-state index contributed by atoms with van der Waals surface area (Å²) in [5.41, 5.74) is 3.00. The average molecular weight is 454 g/mol. The van der Waals surface area contributed by atoms with Crippen LogP contribution in [0.25, 0.3) is 17.1 Å². The molecule has 158 valence electrons. The van der Waals surface area contributed by atoms with E-state index < -0.39 is 0 Å². The van der Waals surface area contributed by atoms with Crippen molar-refractivity contribution in [1.82, 2.24) is 19.9 Å². The van der Waals surface area contributed by atoms with Gasteiger partial charge in [-0.1, -0.05) is 40.7 Å². The lowest BCUT2D eigenvalue weighted by molar-refractivity contribution is -0.115. The van der Waals surface area contributed by atoms with Crippen LogP contribution in [0.3, 0.4) is 0 Å². The summed E-state index contributed by atoms with van der Waals surface area (Å²) in [5.74, 6) is 2.17. The van der Waals surface area contributed by atoms with E-state index in [-0.39, 0.29) is 5.91 Å². The maximum absolute atomic E-state index is 12.2. The number of rotatable bonds is 7. The molecule has 2 heterocycles. The number of thioether (sulfide) groups is 1. The highest BCUT2D eigenvalue weighted by Crippen LogP contribution is 2.29. The zero-order valence-electron chi connectivity index (χ0n) is 17.0. The van der Waals surface area contributed by atoms with Gasteiger partial charge in [0.2, 0.25) is 5.91 Å². The van der Waals surface area contributed by atoms with Gasteiger partial charge in [-0.05, 0) is 55.8 Å². The molecule has 0 aliphatic heterocycles. The molecule has 9 heteroatoms. The SMILES string of the molecule is Cc1cccc(-n2c(SCCC(=O)Nc3cc(C)on3)nnc2-c2ccc(Cl)cc2)c1. The fraction of sp³-hybridized carbons (Fsp3) is 0.182. The molecule has 0 saturated carbocycles. The molecule has 7 nitrogen and oxygen atoms in total. The second-order valence-corrected chi connectivity index (χ2v) is 8.46. The Balaban J connectivity index is 1.54. The van der Waals surface area contributed by atoms with E-state index in [0.717, 1.165) is 16.8 Å². The number of nitrogens with zero attached hydrogens (tertiary/aromatic N) is 4. The molecule has 0 radical (unpaired) electrons. The summed E-state index contributed by atoms with van der Waals surface area (Å²) in [6, 6.07) is 17.3. The molecule has 4 aromatic rings. The first-order chi connectivity index (χ1) is 15.0. The van der Waals surface area contributed by atoms with E-state index in [1.54, 1.807) is 13.0 Å². The molecule has 0 bridgehead atoms. The van der Waals surface area contributed by atoms with E-state index in [0.29, 0.717) is 39.8 Å². The minimum absolute atomic E-state index is 0.139. The number of nitrogens with one attached hydrogen (secondary N) is 1. The summed E-state index contributed by atoms with van der Waals surface area (Å²) in [6.45, 7) is 3.81. The normalized spacial score (nSPS) is 10.9. The monoisotopic (exact) mass is 453 g/mol. The Morgan fingerprint density at radius 3 is 2.65 bits per heavy atom. The van der Waals surface area contributed by atoms with Crippen LogP contribution < -0.4 is 5.32 Å². The summed E-state index contributed by atoms with van der Waals surface area (Å²) >= 11 is 7.51. The molecule has 0 aliphatic rings. The van der Waals surface area contributed by atoms with Crippen LogP contribution in [0.5, 0.6) is 0 Å². The third-order valence-corrected chi connectivity index (χ3v) is 5.63. The maximum Gasteiger partial charge on any atom is 0.226 e. The Labute approximate surface area is 188 Å². The van der Waals surface area contributed by atoms with Gasteiger partial charge in [0.25, 0.3) is 0 Å². The van der Waals surface area contributed by atoms with Crippen LogP contribution in [-0.4, -0.2) is 31.6 Å². The predicted octanol–water partition coefficient (Wildman–Crippen LogP) is 5.31. The van der Waals surface area contributed by atoms with Crippen molar-refractivity contribution < 1.29 is 9.32 Å². The quantitative estimate of drug-likeness (QED) is 0.381. The fourth-order valence-corrected chi connectivity index (χ4v) is 4.03. The van der Waals surface area contributed by atoms with Crippen LogP contribution in [0.15, 0.2) is 64.3 Å². The molecule has 0 saturated heterocycles. The van der Waals surface area contributed by atoms with Gasteiger partial charge in [-0.3, -0.25) is 9.36 Å². The molecular formula is C22H20ClN5O2S. The summed E-state index contributed by atoms with van der Waals surface area (Å²) in [5, 5.41) is 16.7. The summed E-state index contributed by atoms with van der Waals surface area (Å²) in [7, 11) is 0. The second kappa shape index (κ2) is 9.36. The average Bonchev–Trinajstić information content (AvgIpc) is 3.34. The van der Waals surface area contributed by atoms with Gasteiger partial charge in [-0.25, -0.2) is 0 Å². The van der Waals surface area contributed by atoms with Crippen molar-refractivity contribution in [2.45, 2.75) is 25.4 Å². The molecule has 0 fully saturated rings. The molecule has 0 spiro atoms. The van der Waals surface area contributed by atoms with Crippen molar-refractivity contribution in [1.29, 1.82) is 0 Å². The molecule has 0 aliphatic carbocycles. The van der Waals surface area contributed by atoms with Gasteiger partial charge >= 0.3 is 0 Å². The highest BCUT2D eigenvalue weighted by molar-refractivity contribution is 7.99. The van der Waals surface area contributed by atoms with Gasteiger partial charge in [0.1, 0.15) is 5.76 Å². The van der Waals surface area contributed by atoms with Crippen molar-refractivity contribution in [2.75, 3.05) is 11.1 Å². The van der Waals surface area contributed by atoms with E-state index in [1.807, 2.05) is 54.0 Å². The summed E-state index contributed by atoms with van der Waals surface area (Å²) in [4.78, 5) is 12.2. The van der Waals surface area contributed by atoms with Crippen molar-refractivity contribution in [3.8, 4) is 17.1 Å². The largest absolute Gasteiger partial charge is 0.360 e. The lowest BCUT2D eigenvalue weighted by Crippen LogP contribution is -2.12. The fourth-order valence-electron chi connectivity index (χ4n) is 3.01. The Hall–Kier alpha value is -3.10. The standard InChI is InChI=1S/C22H20ClN5O2S/c1-14-4-3-5-18(12-14)28-21(16-6-8-17(23)9-7-16)25-26-22(28)31-11-10-20(29)24-19-13-15(2)30-27-19/h3-9,12-13H,10-11H2,1-2H3,(H,24,27,29). The molecule has 31 heavy (non-hydrogen) atoms. The number of carbonyl (C=O) groups excluding carboxylic acids is 1. The molecule has 2 aromatic heterocycles. The number of aromatic nitrogens is 4. The number of hydrogen-bond donors (Lipinski definition) is 1. The van der Waals surface area contributed by atoms with E-state index in [2.05, 4.69) is 26.7 Å². The number of aryl methyl sites for hydroxylation is 2. The van der Waals surface area contributed by atoms with Gasteiger partial charge < -0.3 is 9.84 Å². The van der Waals surface area contributed by atoms with Gasteiger partial charge in [-0.2, -0.15) is 0 Å². The number of amides is 1. The van der Waals surface area contributed by atoms with Crippen molar-refractivity contribution in [3.63, 3.8) is 0 Å². The van der Waals surface area contributed by atoms with Gasteiger partial charge in [0.05, 0.1) is 0 Å². The number of hydrogen-bond acceptors (Lipinski definition) is 6. The van der Waals surface area contributed by atoms with Crippen molar-refractivity contribution in [2.24, 2.45) is 0 Å². The van der Waals surface area contributed by atoms with E-state index >= 15 is 0 Å². The number of halogens is 1. The van der Waals surface area contributed by atoms with Crippen LogP contribution in [0, 0.1) is 13.8 Å². The lowest BCUT2D eigenvalue weighted by atomic mass is 10.2. The number of anilines is 1. The Bertz CT molecular complexity index is 1200.